The number of aromatic nitrogens is 1. The molecule has 2 aromatic carbocycles. The van der Waals surface area contributed by atoms with Gasteiger partial charge in [-0.1, -0.05) is 18.2 Å². The highest BCUT2D eigenvalue weighted by molar-refractivity contribution is 6.10. The Morgan fingerprint density at radius 1 is 1.13 bits per heavy atom. The lowest BCUT2D eigenvalue weighted by Crippen LogP contribution is -2.31. The summed E-state index contributed by atoms with van der Waals surface area (Å²) in [4.78, 5) is 29.0. The number of carboxylic acids is 1. The molecule has 2 N–H and O–H groups in total. The van der Waals surface area contributed by atoms with Crippen molar-refractivity contribution >= 4 is 28.5 Å². The average molecular weight is 306 g/mol. The van der Waals surface area contributed by atoms with E-state index in [4.69, 9.17) is 0 Å². The lowest BCUT2D eigenvalue weighted by Gasteiger charge is -2.17. The third-order valence-corrected chi connectivity index (χ3v) is 4.31. The van der Waals surface area contributed by atoms with Crippen molar-refractivity contribution in [1.29, 1.82) is 0 Å². The summed E-state index contributed by atoms with van der Waals surface area (Å²) in [5.74, 6) is -1.76. The number of aliphatic carboxylic acids is 1. The molecule has 1 amide bonds. The van der Waals surface area contributed by atoms with Gasteiger partial charge >= 0.3 is 5.97 Å². The Balaban J connectivity index is 1.75. The second kappa shape index (κ2) is 4.98. The fourth-order valence-electron chi connectivity index (χ4n) is 3.15. The monoisotopic (exact) mass is 306 g/mol. The van der Waals surface area contributed by atoms with Crippen LogP contribution < -0.4 is 4.90 Å². The molecule has 114 valence electrons. The first-order valence-corrected chi connectivity index (χ1v) is 7.36. The molecule has 3 aromatic rings. The number of H-pyrrole nitrogens is 1. The number of carbonyl (C=O) groups is 2. The number of carbonyl (C=O) groups excluding carboxylic acids is 1. The maximum Gasteiger partial charge on any atom is 0.312 e. The quantitative estimate of drug-likeness (QED) is 0.764. The minimum Gasteiger partial charge on any atom is -0.481 e. The van der Waals surface area contributed by atoms with E-state index in [-0.39, 0.29) is 12.5 Å². The Hall–Kier alpha value is -3.08. The van der Waals surface area contributed by atoms with Crippen LogP contribution in [0.2, 0.25) is 0 Å². The van der Waals surface area contributed by atoms with Crippen LogP contribution in [0.5, 0.6) is 0 Å². The first kappa shape index (κ1) is 13.6. The van der Waals surface area contributed by atoms with Crippen molar-refractivity contribution in [2.24, 2.45) is 0 Å². The number of hydrogen-bond acceptors (Lipinski definition) is 2. The zero-order chi connectivity index (χ0) is 16.0. The van der Waals surface area contributed by atoms with E-state index >= 15 is 0 Å². The predicted octanol–water partition coefficient (Wildman–Crippen LogP) is 3.00. The van der Waals surface area contributed by atoms with Crippen molar-refractivity contribution in [3.05, 3.63) is 65.9 Å². The maximum atomic E-state index is 12.9. The number of carboxylic acid groups (broad SMARTS) is 1. The number of benzene rings is 2. The van der Waals surface area contributed by atoms with Crippen LogP contribution in [0, 0.1) is 0 Å². The predicted molar refractivity (Wildman–Crippen MR) is 86.8 cm³/mol. The summed E-state index contributed by atoms with van der Waals surface area (Å²) in [6, 6.07) is 14.5. The second-order valence-corrected chi connectivity index (χ2v) is 5.65. The van der Waals surface area contributed by atoms with Crippen molar-refractivity contribution in [3.63, 3.8) is 0 Å². The fraction of sp³-hybridized carbons (Fsp3) is 0.111. The van der Waals surface area contributed by atoms with Gasteiger partial charge in [-0.3, -0.25) is 9.59 Å². The summed E-state index contributed by atoms with van der Waals surface area (Å²) < 4.78 is 0. The van der Waals surface area contributed by atoms with E-state index in [0.717, 1.165) is 10.9 Å². The number of hydrogen-bond donors (Lipinski definition) is 2. The fourth-order valence-corrected chi connectivity index (χ4v) is 3.15. The summed E-state index contributed by atoms with van der Waals surface area (Å²) in [5.41, 5.74) is 2.89. The largest absolute Gasteiger partial charge is 0.481 e. The van der Waals surface area contributed by atoms with Gasteiger partial charge in [-0.15, -0.1) is 0 Å². The third kappa shape index (κ3) is 2.09. The molecule has 4 rings (SSSR count). The molecule has 0 aliphatic carbocycles. The average Bonchev–Trinajstić information content (AvgIpc) is 3.18. The molecule has 0 saturated carbocycles. The number of nitrogens with zero attached hydrogens (tertiary/aromatic N) is 1. The SMILES string of the molecule is O=C(O)[C@@H]1CN(C(=O)c2ccc3[nH]ccc3c2)c2ccccc21. The number of anilines is 1. The van der Waals surface area contributed by atoms with E-state index < -0.39 is 11.9 Å². The Bertz CT molecular complexity index is 929. The third-order valence-electron chi connectivity index (χ3n) is 4.31. The zero-order valence-electron chi connectivity index (χ0n) is 12.2. The molecule has 23 heavy (non-hydrogen) atoms. The number of fused-ring (bicyclic) bond motifs is 2. The van der Waals surface area contributed by atoms with Gasteiger partial charge in [0.1, 0.15) is 5.92 Å². The molecule has 2 heterocycles. The highest BCUT2D eigenvalue weighted by Gasteiger charge is 2.36. The van der Waals surface area contributed by atoms with E-state index in [2.05, 4.69) is 4.98 Å². The van der Waals surface area contributed by atoms with Crippen LogP contribution in [0.3, 0.4) is 0 Å². The Labute approximate surface area is 132 Å². The molecule has 5 heteroatoms. The van der Waals surface area contributed by atoms with Gasteiger partial charge in [0, 0.05) is 34.9 Å². The van der Waals surface area contributed by atoms with Crippen LogP contribution in [0.1, 0.15) is 21.8 Å². The van der Waals surface area contributed by atoms with E-state index in [1.165, 1.54) is 0 Å². The smallest absolute Gasteiger partial charge is 0.312 e. The van der Waals surface area contributed by atoms with Crippen molar-refractivity contribution in [1.82, 2.24) is 4.98 Å². The van der Waals surface area contributed by atoms with Crippen LogP contribution in [-0.4, -0.2) is 28.5 Å². The van der Waals surface area contributed by atoms with Crippen LogP contribution in [0.15, 0.2) is 54.7 Å². The first-order valence-electron chi connectivity index (χ1n) is 7.36. The summed E-state index contributed by atoms with van der Waals surface area (Å²) in [5, 5.41) is 10.4. The zero-order valence-corrected chi connectivity index (χ0v) is 12.2. The molecule has 0 unspecified atom stereocenters. The van der Waals surface area contributed by atoms with Gasteiger partial charge in [0.05, 0.1) is 0 Å². The van der Waals surface area contributed by atoms with E-state index in [1.54, 1.807) is 29.2 Å². The molecule has 0 fully saturated rings. The van der Waals surface area contributed by atoms with Gasteiger partial charge < -0.3 is 15.0 Å². The van der Waals surface area contributed by atoms with Crippen molar-refractivity contribution in [2.45, 2.75) is 5.92 Å². The van der Waals surface area contributed by atoms with Crippen molar-refractivity contribution in [3.8, 4) is 0 Å². The maximum absolute atomic E-state index is 12.9. The molecule has 0 bridgehead atoms. The lowest BCUT2D eigenvalue weighted by atomic mass is 10.0. The molecule has 0 saturated heterocycles. The molecular formula is C18H14N2O3. The first-order chi connectivity index (χ1) is 11.1. The molecule has 0 radical (unpaired) electrons. The van der Waals surface area contributed by atoms with Crippen LogP contribution in [0.4, 0.5) is 5.69 Å². The van der Waals surface area contributed by atoms with E-state index in [1.807, 2.05) is 30.5 Å². The van der Waals surface area contributed by atoms with Gasteiger partial charge in [-0.05, 0) is 35.9 Å². The Morgan fingerprint density at radius 2 is 1.96 bits per heavy atom. The molecular weight excluding hydrogens is 292 g/mol. The summed E-state index contributed by atoms with van der Waals surface area (Å²) in [7, 11) is 0. The van der Waals surface area contributed by atoms with Crippen LogP contribution >= 0.6 is 0 Å². The number of nitrogens with one attached hydrogen (secondary N) is 1. The Kier molecular flexibility index (Phi) is 2.94. The van der Waals surface area contributed by atoms with E-state index in [9.17, 15) is 14.7 Å². The topological polar surface area (TPSA) is 73.4 Å². The van der Waals surface area contributed by atoms with Crippen LogP contribution in [0.25, 0.3) is 10.9 Å². The van der Waals surface area contributed by atoms with Crippen molar-refractivity contribution in [2.75, 3.05) is 11.4 Å². The normalized spacial score (nSPS) is 16.5. The summed E-state index contributed by atoms with van der Waals surface area (Å²) in [6.45, 7) is 0.165. The number of para-hydroxylation sites is 1. The van der Waals surface area contributed by atoms with Gasteiger partial charge in [-0.2, -0.15) is 0 Å². The van der Waals surface area contributed by atoms with Gasteiger partial charge in [0.15, 0.2) is 0 Å². The van der Waals surface area contributed by atoms with Crippen LogP contribution in [-0.2, 0) is 4.79 Å². The summed E-state index contributed by atoms with van der Waals surface area (Å²) >= 11 is 0. The molecule has 1 atom stereocenters. The Morgan fingerprint density at radius 3 is 2.78 bits per heavy atom. The van der Waals surface area contributed by atoms with Gasteiger partial charge in [-0.25, -0.2) is 0 Å². The van der Waals surface area contributed by atoms with Gasteiger partial charge in [0.25, 0.3) is 5.91 Å². The molecule has 1 aromatic heterocycles. The van der Waals surface area contributed by atoms with Crippen molar-refractivity contribution < 1.29 is 14.7 Å². The highest BCUT2D eigenvalue weighted by Crippen LogP contribution is 2.37. The second-order valence-electron chi connectivity index (χ2n) is 5.65. The lowest BCUT2D eigenvalue weighted by molar-refractivity contribution is -0.138. The highest BCUT2D eigenvalue weighted by atomic mass is 16.4. The molecule has 1 aliphatic rings. The van der Waals surface area contributed by atoms with Gasteiger partial charge in [0.2, 0.25) is 0 Å². The number of amides is 1. The van der Waals surface area contributed by atoms with E-state index in [0.29, 0.717) is 16.8 Å². The number of aromatic amines is 1. The summed E-state index contributed by atoms with van der Waals surface area (Å²) in [6.07, 6.45) is 1.82. The molecule has 1 aliphatic heterocycles. The molecule has 0 spiro atoms. The number of rotatable bonds is 2. The molecule has 5 nitrogen and oxygen atoms in total. The standard InChI is InChI=1S/C18H14N2O3/c21-17(12-5-6-15-11(9-12)7-8-19-15)20-10-14(18(22)23)13-3-1-2-4-16(13)20/h1-9,14,19H,10H2,(H,22,23)/t14-/m1/s1. The minimum absolute atomic E-state index is 0.165. The minimum atomic E-state index is -0.908.